The Balaban J connectivity index is 3.02. The number of amides is 1. The zero-order chi connectivity index (χ0) is 27.6. The highest BCUT2D eigenvalue weighted by Crippen LogP contribution is 2.16. The number of unbranched alkanes of at least 4 members (excludes halogenated alkanes) is 31. The first kappa shape index (κ1) is 37.3. The van der Waals surface area contributed by atoms with Crippen LogP contribution in [0.5, 0.6) is 0 Å². The fourth-order valence-corrected chi connectivity index (χ4v) is 5.65. The number of rotatable bonds is 33. The molecular formula is C35H71NO2. The van der Waals surface area contributed by atoms with Crippen molar-refractivity contribution in [3.05, 3.63) is 0 Å². The molecule has 38 heavy (non-hydrogen) atoms. The molecule has 0 spiro atoms. The molecule has 0 saturated heterocycles. The number of hydrogen-bond donors (Lipinski definition) is 1. The third-order valence-electron chi connectivity index (χ3n) is 8.24. The van der Waals surface area contributed by atoms with E-state index < -0.39 is 6.09 Å². The first-order valence-corrected chi connectivity index (χ1v) is 17.7. The molecule has 2 N–H and O–H groups in total. The Bertz CT molecular complexity index is 440. The minimum Gasteiger partial charge on any atom is -0.450 e. The molecule has 0 unspecified atom stereocenters. The Labute approximate surface area is 240 Å². The quantitative estimate of drug-likeness (QED) is 0.0846. The molecule has 0 radical (unpaired) electrons. The van der Waals surface area contributed by atoms with Crippen LogP contribution in [0, 0.1) is 0 Å². The van der Waals surface area contributed by atoms with Crippen LogP contribution >= 0.6 is 0 Å². The monoisotopic (exact) mass is 538 g/mol. The molecule has 0 fully saturated rings. The maximum atomic E-state index is 10.5. The van der Waals surface area contributed by atoms with Crippen LogP contribution in [0.25, 0.3) is 0 Å². The molecule has 0 heterocycles. The molecule has 0 aliphatic carbocycles. The van der Waals surface area contributed by atoms with Gasteiger partial charge in [0.25, 0.3) is 0 Å². The van der Waals surface area contributed by atoms with Crippen LogP contribution in [0.1, 0.15) is 212 Å². The molecule has 0 atom stereocenters. The van der Waals surface area contributed by atoms with Crippen molar-refractivity contribution in [2.24, 2.45) is 5.73 Å². The lowest BCUT2D eigenvalue weighted by Gasteiger charge is -2.05. The van der Waals surface area contributed by atoms with E-state index in [1.54, 1.807) is 0 Å². The predicted molar refractivity (Wildman–Crippen MR) is 169 cm³/mol. The molecule has 228 valence electrons. The lowest BCUT2D eigenvalue weighted by Crippen LogP contribution is -2.13. The molecule has 0 saturated carbocycles. The molecule has 0 aromatic carbocycles. The Kier molecular flexibility index (Phi) is 33.6. The lowest BCUT2D eigenvalue weighted by molar-refractivity contribution is 0.154. The number of nitrogens with two attached hydrogens (primary N) is 1. The summed E-state index contributed by atoms with van der Waals surface area (Å²) in [6.07, 6.45) is 44.7. The molecule has 0 bridgehead atoms. The summed E-state index contributed by atoms with van der Waals surface area (Å²) in [6, 6.07) is 0. The summed E-state index contributed by atoms with van der Waals surface area (Å²) in [5.41, 5.74) is 4.95. The highest BCUT2D eigenvalue weighted by molar-refractivity contribution is 5.64. The molecule has 0 rings (SSSR count). The predicted octanol–water partition coefficient (Wildman–Crippen LogP) is 12.6. The smallest absolute Gasteiger partial charge is 0.404 e. The summed E-state index contributed by atoms with van der Waals surface area (Å²) in [6.45, 7) is 2.78. The summed E-state index contributed by atoms with van der Waals surface area (Å²) in [4.78, 5) is 10.5. The molecular weight excluding hydrogens is 466 g/mol. The van der Waals surface area contributed by atoms with Crippen LogP contribution in [-0.4, -0.2) is 12.7 Å². The molecule has 0 aliphatic rings. The van der Waals surface area contributed by atoms with Gasteiger partial charge in [-0.15, -0.1) is 0 Å². The minimum atomic E-state index is -0.647. The largest absolute Gasteiger partial charge is 0.450 e. The minimum absolute atomic E-state index is 0.481. The van der Waals surface area contributed by atoms with E-state index in [2.05, 4.69) is 6.92 Å². The lowest BCUT2D eigenvalue weighted by atomic mass is 10.0. The van der Waals surface area contributed by atoms with E-state index in [9.17, 15) is 4.79 Å². The van der Waals surface area contributed by atoms with Crippen LogP contribution < -0.4 is 5.73 Å². The molecule has 3 heteroatoms. The van der Waals surface area contributed by atoms with Gasteiger partial charge in [-0.05, 0) is 6.42 Å². The van der Waals surface area contributed by atoms with Gasteiger partial charge in [-0.2, -0.15) is 0 Å². The maximum absolute atomic E-state index is 10.5. The molecule has 0 aromatic heterocycles. The summed E-state index contributed by atoms with van der Waals surface area (Å²) in [5, 5.41) is 0. The van der Waals surface area contributed by atoms with E-state index >= 15 is 0 Å². The number of ether oxygens (including phenoxy) is 1. The molecule has 0 aromatic rings. The van der Waals surface area contributed by atoms with Crippen molar-refractivity contribution >= 4 is 6.09 Å². The number of carbonyl (C=O) groups is 1. The second-order valence-electron chi connectivity index (χ2n) is 12.1. The normalized spacial score (nSPS) is 11.3. The van der Waals surface area contributed by atoms with E-state index in [0.717, 1.165) is 12.8 Å². The van der Waals surface area contributed by atoms with E-state index in [1.165, 1.54) is 193 Å². The van der Waals surface area contributed by atoms with Crippen molar-refractivity contribution in [1.29, 1.82) is 0 Å². The fraction of sp³-hybridized carbons (Fsp3) is 0.971. The van der Waals surface area contributed by atoms with Gasteiger partial charge in [-0.1, -0.05) is 206 Å². The summed E-state index contributed by atoms with van der Waals surface area (Å²) in [7, 11) is 0. The van der Waals surface area contributed by atoms with Gasteiger partial charge in [0.2, 0.25) is 0 Å². The standard InChI is InChI=1S/C35H71NO2/c1-2-3-4-5-6-7-8-9-10-11-12-13-14-15-16-17-18-19-20-21-22-23-24-25-26-27-28-29-30-31-32-33-34-38-35(36)37/h2-34H2,1H3,(H2,36,37). The third kappa shape index (κ3) is 35.3. The van der Waals surface area contributed by atoms with Gasteiger partial charge in [-0.25, -0.2) is 4.79 Å². The van der Waals surface area contributed by atoms with Gasteiger partial charge >= 0.3 is 6.09 Å². The Hall–Kier alpha value is -0.730. The van der Waals surface area contributed by atoms with Gasteiger partial charge in [0, 0.05) is 0 Å². The van der Waals surface area contributed by atoms with E-state index in [0.29, 0.717) is 6.61 Å². The first-order chi connectivity index (χ1) is 18.8. The van der Waals surface area contributed by atoms with Crippen LogP contribution in [0.15, 0.2) is 0 Å². The van der Waals surface area contributed by atoms with Gasteiger partial charge < -0.3 is 10.5 Å². The number of carbonyl (C=O) groups excluding carboxylic acids is 1. The Morgan fingerprint density at radius 2 is 0.553 bits per heavy atom. The summed E-state index contributed by atoms with van der Waals surface area (Å²) < 4.78 is 4.75. The zero-order valence-corrected chi connectivity index (χ0v) is 26.2. The SMILES string of the molecule is CCCCCCCCCCCCCCCCCCCCCCCCCCCCCCCCCCOC(N)=O. The molecule has 1 amide bonds. The third-order valence-corrected chi connectivity index (χ3v) is 8.24. The van der Waals surface area contributed by atoms with Crippen LogP contribution in [-0.2, 0) is 4.74 Å². The maximum Gasteiger partial charge on any atom is 0.404 e. The average Bonchev–Trinajstić information content (AvgIpc) is 2.91. The fourth-order valence-electron chi connectivity index (χ4n) is 5.65. The van der Waals surface area contributed by atoms with Gasteiger partial charge in [0.05, 0.1) is 6.61 Å². The van der Waals surface area contributed by atoms with Crippen LogP contribution in [0.2, 0.25) is 0 Å². The molecule has 0 aliphatic heterocycles. The van der Waals surface area contributed by atoms with Gasteiger partial charge in [-0.3, -0.25) is 0 Å². The van der Waals surface area contributed by atoms with E-state index in [1.807, 2.05) is 0 Å². The van der Waals surface area contributed by atoms with Gasteiger partial charge in [0.15, 0.2) is 0 Å². The van der Waals surface area contributed by atoms with Crippen molar-refractivity contribution in [2.45, 2.75) is 212 Å². The van der Waals surface area contributed by atoms with E-state index in [4.69, 9.17) is 10.5 Å². The van der Waals surface area contributed by atoms with Crippen molar-refractivity contribution in [3.8, 4) is 0 Å². The highest BCUT2D eigenvalue weighted by atomic mass is 16.5. The number of primary amides is 1. The van der Waals surface area contributed by atoms with Crippen LogP contribution in [0.3, 0.4) is 0 Å². The van der Waals surface area contributed by atoms with Crippen molar-refractivity contribution in [3.63, 3.8) is 0 Å². The van der Waals surface area contributed by atoms with Crippen molar-refractivity contribution in [1.82, 2.24) is 0 Å². The topological polar surface area (TPSA) is 52.3 Å². The summed E-state index contributed by atoms with van der Waals surface area (Å²) in [5.74, 6) is 0. The number of hydrogen-bond acceptors (Lipinski definition) is 2. The first-order valence-electron chi connectivity index (χ1n) is 17.7. The van der Waals surface area contributed by atoms with Gasteiger partial charge in [0.1, 0.15) is 0 Å². The summed E-state index contributed by atoms with van der Waals surface area (Å²) >= 11 is 0. The van der Waals surface area contributed by atoms with Crippen molar-refractivity contribution < 1.29 is 9.53 Å². The Morgan fingerprint density at radius 1 is 0.368 bits per heavy atom. The second kappa shape index (κ2) is 34.3. The zero-order valence-electron chi connectivity index (χ0n) is 26.2. The molecule has 3 nitrogen and oxygen atoms in total. The average molecular weight is 538 g/mol. The van der Waals surface area contributed by atoms with E-state index in [-0.39, 0.29) is 0 Å². The highest BCUT2D eigenvalue weighted by Gasteiger charge is 1.98. The van der Waals surface area contributed by atoms with Crippen LogP contribution in [0.4, 0.5) is 4.79 Å². The second-order valence-corrected chi connectivity index (χ2v) is 12.1. The Morgan fingerprint density at radius 3 is 0.737 bits per heavy atom. The van der Waals surface area contributed by atoms with Crippen molar-refractivity contribution in [2.75, 3.05) is 6.61 Å².